The molecule has 1 aliphatic heterocycles. The van der Waals surface area contributed by atoms with Crippen LogP contribution < -0.4 is 5.32 Å². The van der Waals surface area contributed by atoms with Gasteiger partial charge in [-0.15, -0.1) is 0 Å². The van der Waals surface area contributed by atoms with E-state index < -0.39 is 12.0 Å². The van der Waals surface area contributed by atoms with E-state index in [0.29, 0.717) is 19.5 Å². The van der Waals surface area contributed by atoms with Crippen molar-refractivity contribution < 1.29 is 14.7 Å². The van der Waals surface area contributed by atoms with E-state index >= 15 is 0 Å². The van der Waals surface area contributed by atoms with Crippen molar-refractivity contribution in [2.45, 2.75) is 39.2 Å². The molecule has 1 saturated heterocycles. The van der Waals surface area contributed by atoms with Crippen LogP contribution in [0.2, 0.25) is 0 Å². The number of rotatable bonds is 5. The van der Waals surface area contributed by atoms with E-state index in [2.05, 4.69) is 5.32 Å². The largest absolute Gasteiger partial charge is 0.480 e. The minimum Gasteiger partial charge on any atom is -0.480 e. The summed E-state index contributed by atoms with van der Waals surface area (Å²) in [6.07, 6.45) is 2.16. The van der Waals surface area contributed by atoms with Gasteiger partial charge in [-0.1, -0.05) is 13.8 Å². The highest BCUT2D eigenvalue weighted by Crippen LogP contribution is 2.24. The molecule has 0 spiro atoms. The van der Waals surface area contributed by atoms with Crippen molar-refractivity contribution in [2.75, 3.05) is 19.6 Å². The molecule has 0 bridgehead atoms. The highest BCUT2D eigenvalue weighted by Gasteiger charge is 2.36. The Balaban J connectivity index is 2.59. The molecule has 5 nitrogen and oxygen atoms in total. The first-order valence-electron chi connectivity index (χ1n) is 6.31. The normalized spacial score (nSPS) is 24.7. The number of carbonyl (C=O) groups excluding carboxylic acids is 1. The lowest BCUT2D eigenvalue weighted by Crippen LogP contribution is -2.52. The van der Waals surface area contributed by atoms with Crippen molar-refractivity contribution in [1.29, 1.82) is 0 Å². The van der Waals surface area contributed by atoms with Gasteiger partial charge in [0, 0.05) is 19.5 Å². The van der Waals surface area contributed by atoms with Gasteiger partial charge in [-0.2, -0.15) is 0 Å². The van der Waals surface area contributed by atoms with Crippen LogP contribution in [0.3, 0.4) is 0 Å². The van der Waals surface area contributed by atoms with Gasteiger partial charge in [0.25, 0.3) is 0 Å². The molecule has 2 atom stereocenters. The Morgan fingerprint density at radius 3 is 2.76 bits per heavy atom. The third-order valence-corrected chi connectivity index (χ3v) is 3.27. The number of amides is 1. The average Bonchev–Trinajstić information content (AvgIpc) is 2.28. The number of carboxylic acids is 1. The average molecular weight is 242 g/mol. The van der Waals surface area contributed by atoms with Gasteiger partial charge in [0.2, 0.25) is 5.91 Å². The van der Waals surface area contributed by atoms with Crippen LogP contribution in [0.15, 0.2) is 0 Å². The minimum absolute atomic E-state index is 0.0457. The van der Waals surface area contributed by atoms with E-state index in [-0.39, 0.29) is 11.8 Å². The lowest BCUT2D eigenvalue weighted by atomic mass is 9.90. The number of aliphatic carboxylic acids is 1. The Morgan fingerprint density at radius 1 is 1.47 bits per heavy atom. The van der Waals surface area contributed by atoms with E-state index in [1.54, 1.807) is 0 Å². The Bertz CT molecular complexity index is 281. The quantitative estimate of drug-likeness (QED) is 0.696. The first-order valence-corrected chi connectivity index (χ1v) is 6.31. The molecule has 5 heteroatoms. The lowest BCUT2D eigenvalue weighted by Gasteiger charge is -2.37. The Kier molecular flexibility index (Phi) is 5.41. The maximum absolute atomic E-state index is 12.0. The molecule has 1 aliphatic rings. The molecule has 98 valence electrons. The van der Waals surface area contributed by atoms with Crippen LogP contribution in [0.4, 0.5) is 0 Å². The monoisotopic (exact) mass is 242 g/mol. The maximum Gasteiger partial charge on any atom is 0.326 e. The molecular formula is C12H22N2O3. The van der Waals surface area contributed by atoms with Crippen LogP contribution >= 0.6 is 0 Å². The fraction of sp³-hybridized carbons (Fsp3) is 0.833. The van der Waals surface area contributed by atoms with Gasteiger partial charge < -0.3 is 15.3 Å². The second kappa shape index (κ2) is 6.59. The number of hydrogen-bond donors (Lipinski definition) is 2. The molecule has 2 N–H and O–H groups in total. The van der Waals surface area contributed by atoms with Crippen LogP contribution in [-0.2, 0) is 9.59 Å². The summed E-state index contributed by atoms with van der Waals surface area (Å²) in [7, 11) is 0. The van der Waals surface area contributed by atoms with Crippen molar-refractivity contribution in [3.8, 4) is 0 Å². The predicted octanol–water partition coefficient (Wildman–Crippen LogP) is 0.698. The van der Waals surface area contributed by atoms with Crippen molar-refractivity contribution in [2.24, 2.45) is 5.92 Å². The summed E-state index contributed by atoms with van der Waals surface area (Å²) < 4.78 is 0. The van der Waals surface area contributed by atoms with Crippen LogP contribution in [0, 0.1) is 5.92 Å². The number of nitrogens with zero attached hydrogens (tertiary/aromatic N) is 1. The number of piperidine rings is 1. The van der Waals surface area contributed by atoms with Crippen LogP contribution in [0.25, 0.3) is 0 Å². The van der Waals surface area contributed by atoms with E-state index in [9.17, 15) is 14.7 Å². The van der Waals surface area contributed by atoms with Crippen LogP contribution in [0.1, 0.15) is 33.1 Å². The van der Waals surface area contributed by atoms with E-state index in [1.165, 1.54) is 4.90 Å². The molecule has 1 heterocycles. The minimum atomic E-state index is -0.881. The second-order valence-corrected chi connectivity index (χ2v) is 4.59. The summed E-state index contributed by atoms with van der Waals surface area (Å²) in [4.78, 5) is 24.7. The van der Waals surface area contributed by atoms with E-state index in [1.807, 2.05) is 13.8 Å². The molecule has 17 heavy (non-hydrogen) atoms. The predicted molar refractivity (Wildman–Crippen MR) is 64.7 cm³/mol. The Labute approximate surface area is 102 Å². The van der Waals surface area contributed by atoms with Crippen molar-refractivity contribution in [3.63, 3.8) is 0 Å². The third-order valence-electron chi connectivity index (χ3n) is 3.27. The molecule has 1 amide bonds. The molecule has 0 aromatic heterocycles. The smallest absolute Gasteiger partial charge is 0.326 e. The molecule has 0 saturated carbocycles. The number of carbonyl (C=O) groups is 2. The fourth-order valence-corrected chi connectivity index (χ4v) is 2.36. The summed E-state index contributed by atoms with van der Waals surface area (Å²) in [5.74, 6) is -0.886. The highest BCUT2D eigenvalue weighted by molar-refractivity contribution is 5.84. The van der Waals surface area contributed by atoms with Crippen molar-refractivity contribution >= 4 is 11.9 Å². The summed E-state index contributed by atoms with van der Waals surface area (Å²) in [6.45, 7) is 5.90. The van der Waals surface area contributed by atoms with Gasteiger partial charge >= 0.3 is 5.97 Å². The summed E-state index contributed by atoms with van der Waals surface area (Å²) in [5, 5.41) is 12.3. The van der Waals surface area contributed by atoms with E-state index in [0.717, 1.165) is 19.4 Å². The summed E-state index contributed by atoms with van der Waals surface area (Å²) >= 11 is 0. The van der Waals surface area contributed by atoms with Gasteiger partial charge in [-0.3, -0.25) is 4.79 Å². The number of nitrogens with one attached hydrogen (secondary N) is 1. The maximum atomic E-state index is 12.0. The molecule has 0 aromatic rings. The number of likely N-dealkylation sites (tertiary alicyclic amines) is 1. The molecule has 1 fully saturated rings. The summed E-state index contributed by atoms with van der Waals surface area (Å²) in [5.41, 5.74) is 0. The number of carboxylic acid groups (broad SMARTS) is 1. The molecule has 1 rings (SSSR count). The topological polar surface area (TPSA) is 69.6 Å². The Morgan fingerprint density at radius 2 is 2.18 bits per heavy atom. The van der Waals surface area contributed by atoms with Gasteiger partial charge in [-0.25, -0.2) is 4.79 Å². The third kappa shape index (κ3) is 3.70. The van der Waals surface area contributed by atoms with Crippen molar-refractivity contribution in [1.82, 2.24) is 10.2 Å². The highest BCUT2D eigenvalue weighted by atomic mass is 16.4. The lowest BCUT2D eigenvalue weighted by molar-refractivity contribution is -0.154. The summed E-state index contributed by atoms with van der Waals surface area (Å²) in [6, 6.07) is -0.641. The fourth-order valence-electron chi connectivity index (χ4n) is 2.36. The molecule has 0 aliphatic carbocycles. The van der Waals surface area contributed by atoms with Gasteiger partial charge in [0.15, 0.2) is 0 Å². The zero-order valence-electron chi connectivity index (χ0n) is 10.6. The first-order chi connectivity index (χ1) is 8.07. The van der Waals surface area contributed by atoms with Gasteiger partial charge in [-0.05, 0) is 25.3 Å². The zero-order valence-corrected chi connectivity index (χ0v) is 10.6. The second-order valence-electron chi connectivity index (χ2n) is 4.59. The standard InChI is InChI=1S/C12H22N2O3/c1-3-13-7-6-10(15)14-8-4-5-9(2)11(14)12(16)17/h9,11,13H,3-8H2,1-2H3,(H,16,17). The molecule has 0 aromatic carbocycles. The van der Waals surface area contributed by atoms with Crippen LogP contribution in [0.5, 0.6) is 0 Å². The molecular weight excluding hydrogens is 220 g/mol. The van der Waals surface area contributed by atoms with E-state index in [4.69, 9.17) is 0 Å². The molecule has 0 radical (unpaired) electrons. The SMILES string of the molecule is CCNCCC(=O)N1CCCC(C)C1C(=O)O. The van der Waals surface area contributed by atoms with Gasteiger partial charge in [0.1, 0.15) is 6.04 Å². The zero-order chi connectivity index (χ0) is 12.8. The first kappa shape index (κ1) is 14.0. The number of hydrogen-bond acceptors (Lipinski definition) is 3. The van der Waals surface area contributed by atoms with Crippen molar-refractivity contribution in [3.05, 3.63) is 0 Å². The molecule has 2 unspecified atom stereocenters. The Hall–Kier alpha value is -1.10. The van der Waals surface area contributed by atoms with Crippen LogP contribution in [-0.4, -0.2) is 47.6 Å². The van der Waals surface area contributed by atoms with Gasteiger partial charge in [0.05, 0.1) is 0 Å².